The lowest BCUT2D eigenvalue weighted by atomic mass is 10.0. The number of hydrogen-bond acceptors (Lipinski definition) is 3. The van der Waals surface area contributed by atoms with Crippen molar-refractivity contribution < 1.29 is 23.1 Å². The lowest BCUT2D eigenvalue weighted by molar-refractivity contribution is -0.0505. The summed E-state index contributed by atoms with van der Waals surface area (Å²) in [7, 11) is 0. The van der Waals surface area contributed by atoms with Gasteiger partial charge in [0.15, 0.2) is 6.29 Å². The molecule has 0 saturated carbocycles. The van der Waals surface area contributed by atoms with Crippen molar-refractivity contribution in [1.82, 2.24) is 0 Å². The molecular weight excluding hydrogens is 206 g/mol. The maximum absolute atomic E-state index is 12.0. The molecule has 0 aliphatic carbocycles. The summed E-state index contributed by atoms with van der Waals surface area (Å²) in [4.78, 5) is 21.1. The molecule has 0 N–H and O–H groups in total. The smallest absolute Gasteiger partial charge is 0.387 e. The first kappa shape index (κ1) is 11.3. The second-order valence-electron chi connectivity index (χ2n) is 2.81. The van der Waals surface area contributed by atoms with Crippen molar-refractivity contribution in [2.24, 2.45) is 0 Å². The van der Waals surface area contributed by atoms with E-state index in [1.807, 2.05) is 0 Å². The van der Waals surface area contributed by atoms with Crippen molar-refractivity contribution in [3.05, 3.63) is 28.8 Å². The van der Waals surface area contributed by atoms with Gasteiger partial charge in [-0.3, -0.25) is 9.59 Å². The maximum atomic E-state index is 12.0. The van der Waals surface area contributed by atoms with Crippen LogP contribution >= 0.6 is 0 Å². The highest BCUT2D eigenvalue weighted by atomic mass is 19.3. The topological polar surface area (TPSA) is 43.4 Å². The van der Waals surface area contributed by atoms with E-state index in [9.17, 15) is 18.4 Å². The van der Waals surface area contributed by atoms with Crippen molar-refractivity contribution in [2.45, 2.75) is 13.5 Å². The number of carbonyl (C=O) groups excluding carboxylic acids is 2. The number of rotatable bonds is 4. The average molecular weight is 214 g/mol. The fourth-order valence-corrected chi connectivity index (χ4v) is 1.19. The van der Waals surface area contributed by atoms with Gasteiger partial charge < -0.3 is 4.74 Å². The van der Waals surface area contributed by atoms with Crippen molar-refractivity contribution in [3.8, 4) is 5.75 Å². The summed E-state index contributed by atoms with van der Waals surface area (Å²) in [5, 5.41) is 0. The fourth-order valence-electron chi connectivity index (χ4n) is 1.19. The van der Waals surface area contributed by atoms with E-state index in [-0.39, 0.29) is 22.4 Å². The third-order valence-electron chi connectivity index (χ3n) is 1.94. The third-order valence-corrected chi connectivity index (χ3v) is 1.94. The van der Waals surface area contributed by atoms with Gasteiger partial charge in [-0.15, -0.1) is 0 Å². The van der Waals surface area contributed by atoms with Crippen molar-refractivity contribution in [3.63, 3.8) is 0 Å². The highest BCUT2D eigenvalue weighted by Gasteiger charge is 2.14. The molecule has 0 atom stereocenters. The van der Waals surface area contributed by atoms with Gasteiger partial charge in [0.1, 0.15) is 12.0 Å². The summed E-state index contributed by atoms with van der Waals surface area (Å²) in [6.07, 6.45) is 0.918. The molecule has 0 heterocycles. The zero-order chi connectivity index (χ0) is 11.4. The lowest BCUT2D eigenvalue weighted by Crippen LogP contribution is -2.07. The van der Waals surface area contributed by atoms with E-state index in [1.54, 1.807) is 0 Å². The fraction of sp³-hybridized carbons (Fsp3) is 0.200. The standard InChI is InChI=1S/C10H8F2O3/c1-6-7(4-13)2-3-8(5-14)9(6)15-10(11)12/h2-5,10H,1H3. The summed E-state index contributed by atoms with van der Waals surface area (Å²) in [6, 6.07) is 2.64. The molecule has 0 spiro atoms. The molecule has 1 aromatic carbocycles. The Labute approximate surface area is 84.7 Å². The molecule has 0 fully saturated rings. The van der Waals surface area contributed by atoms with E-state index in [0.29, 0.717) is 12.6 Å². The summed E-state index contributed by atoms with van der Waals surface area (Å²) in [5.41, 5.74) is 0.449. The minimum Gasteiger partial charge on any atom is -0.434 e. The van der Waals surface area contributed by atoms with Gasteiger partial charge >= 0.3 is 6.61 Å². The Kier molecular flexibility index (Phi) is 3.49. The van der Waals surface area contributed by atoms with Gasteiger partial charge in [-0.2, -0.15) is 8.78 Å². The Morgan fingerprint density at radius 2 is 1.73 bits per heavy atom. The van der Waals surface area contributed by atoms with Gasteiger partial charge in [0, 0.05) is 11.1 Å². The van der Waals surface area contributed by atoms with Gasteiger partial charge in [0.25, 0.3) is 0 Å². The SMILES string of the molecule is Cc1c(C=O)ccc(C=O)c1OC(F)F. The molecule has 3 nitrogen and oxygen atoms in total. The first-order valence-corrected chi connectivity index (χ1v) is 4.09. The van der Waals surface area contributed by atoms with E-state index in [2.05, 4.69) is 4.74 Å². The molecule has 0 amide bonds. The number of ether oxygens (including phenoxy) is 1. The Bertz CT molecular complexity index is 388. The van der Waals surface area contributed by atoms with Gasteiger partial charge in [-0.25, -0.2) is 0 Å². The average Bonchev–Trinajstić information content (AvgIpc) is 2.20. The molecule has 0 aromatic heterocycles. The molecule has 80 valence electrons. The maximum Gasteiger partial charge on any atom is 0.387 e. The van der Waals surface area contributed by atoms with Crippen molar-refractivity contribution in [2.75, 3.05) is 0 Å². The third kappa shape index (κ3) is 2.37. The summed E-state index contributed by atoms with van der Waals surface area (Å²) >= 11 is 0. The Morgan fingerprint density at radius 3 is 2.20 bits per heavy atom. The van der Waals surface area contributed by atoms with Crippen LogP contribution in [0, 0.1) is 6.92 Å². The monoisotopic (exact) mass is 214 g/mol. The number of carbonyl (C=O) groups is 2. The van der Waals surface area contributed by atoms with E-state index < -0.39 is 6.61 Å². The minimum absolute atomic E-state index is 0.00148. The van der Waals surface area contributed by atoms with Gasteiger partial charge in [0.2, 0.25) is 0 Å². The van der Waals surface area contributed by atoms with Crippen LogP contribution in [0.4, 0.5) is 8.78 Å². The van der Waals surface area contributed by atoms with Crippen LogP contribution in [0.15, 0.2) is 12.1 Å². The number of aldehydes is 2. The Balaban J connectivity index is 3.28. The second-order valence-corrected chi connectivity index (χ2v) is 2.81. The van der Waals surface area contributed by atoms with Crippen LogP contribution in [0.25, 0.3) is 0 Å². The first-order chi connectivity index (χ1) is 7.10. The van der Waals surface area contributed by atoms with E-state index in [0.717, 1.165) is 0 Å². The molecule has 0 aliphatic rings. The Morgan fingerprint density at radius 1 is 1.20 bits per heavy atom. The summed E-state index contributed by atoms with van der Waals surface area (Å²) < 4.78 is 28.2. The summed E-state index contributed by atoms with van der Waals surface area (Å²) in [5.74, 6) is -0.246. The zero-order valence-corrected chi connectivity index (χ0v) is 7.87. The van der Waals surface area contributed by atoms with Crippen LogP contribution in [0.2, 0.25) is 0 Å². The van der Waals surface area contributed by atoms with Gasteiger partial charge in [-0.05, 0) is 13.0 Å². The number of halogens is 2. The molecule has 1 rings (SSSR count). The van der Waals surface area contributed by atoms with Crippen molar-refractivity contribution >= 4 is 12.6 Å². The van der Waals surface area contributed by atoms with Crippen LogP contribution in [0.3, 0.4) is 0 Å². The quantitative estimate of drug-likeness (QED) is 0.722. The molecule has 0 bridgehead atoms. The van der Waals surface area contributed by atoms with Crippen LogP contribution in [0.1, 0.15) is 26.3 Å². The van der Waals surface area contributed by atoms with Crippen LogP contribution in [-0.2, 0) is 0 Å². The number of alkyl halides is 2. The van der Waals surface area contributed by atoms with Crippen LogP contribution in [0.5, 0.6) is 5.75 Å². The molecular formula is C10H8F2O3. The normalized spacial score (nSPS) is 10.1. The number of hydrogen-bond donors (Lipinski definition) is 0. The van der Waals surface area contributed by atoms with E-state index >= 15 is 0 Å². The molecule has 1 aromatic rings. The number of benzene rings is 1. The van der Waals surface area contributed by atoms with E-state index in [1.165, 1.54) is 19.1 Å². The predicted octanol–water partition coefficient (Wildman–Crippen LogP) is 2.22. The largest absolute Gasteiger partial charge is 0.434 e. The molecule has 15 heavy (non-hydrogen) atoms. The van der Waals surface area contributed by atoms with Crippen LogP contribution in [-0.4, -0.2) is 19.2 Å². The molecule has 0 aliphatic heterocycles. The van der Waals surface area contributed by atoms with Gasteiger partial charge in [0.05, 0.1) is 5.56 Å². The molecule has 5 heteroatoms. The summed E-state index contributed by atoms with van der Waals surface area (Å²) in [6.45, 7) is -1.58. The van der Waals surface area contributed by atoms with Gasteiger partial charge in [-0.1, -0.05) is 6.07 Å². The molecule has 0 saturated heterocycles. The minimum atomic E-state index is -3.02. The zero-order valence-electron chi connectivity index (χ0n) is 7.87. The molecule has 0 unspecified atom stereocenters. The first-order valence-electron chi connectivity index (χ1n) is 4.09. The Hall–Kier alpha value is -1.78. The predicted molar refractivity (Wildman–Crippen MR) is 48.6 cm³/mol. The highest BCUT2D eigenvalue weighted by Crippen LogP contribution is 2.26. The second kappa shape index (κ2) is 4.63. The van der Waals surface area contributed by atoms with Crippen molar-refractivity contribution in [1.29, 1.82) is 0 Å². The van der Waals surface area contributed by atoms with E-state index in [4.69, 9.17) is 0 Å². The highest BCUT2D eigenvalue weighted by molar-refractivity contribution is 5.86. The molecule has 0 radical (unpaired) electrons. The van der Waals surface area contributed by atoms with Crippen LogP contribution < -0.4 is 4.74 Å². The lowest BCUT2D eigenvalue weighted by Gasteiger charge is -2.11.